The molecule has 2 aromatic carbocycles. The van der Waals surface area contributed by atoms with Crippen molar-refractivity contribution in [2.24, 2.45) is 5.92 Å². The number of hydrogen-bond donors (Lipinski definition) is 2. The van der Waals surface area contributed by atoms with Crippen LogP contribution in [-0.4, -0.2) is 67.8 Å². The zero-order chi connectivity index (χ0) is 30.7. The first-order valence-corrected chi connectivity index (χ1v) is 18.7. The first-order valence-electron chi connectivity index (χ1n) is 15.6. The fourth-order valence-electron chi connectivity index (χ4n) is 4.60. The molecule has 0 radical (unpaired) electrons. The molecule has 0 fully saturated rings. The smallest absolute Gasteiger partial charge is 0.377 e. The summed E-state index contributed by atoms with van der Waals surface area (Å²) in [6, 6.07) is 21.7. The Balaban J connectivity index is 1.67. The van der Waals surface area contributed by atoms with Crippen LogP contribution in [0.5, 0.6) is 0 Å². The molecule has 0 saturated heterocycles. The normalized spacial score (nSPS) is 13.3. The molecular formula is C36H54N2O3SSi. The van der Waals surface area contributed by atoms with Gasteiger partial charge in [-0.2, -0.15) is 11.8 Å². The van der Waals surface area contributed by atoms with Crippen LogP contribution in [0.1, 0.15) is 43.2 Å². The highest BCUT2D eigenvalue weighted by molar-refractivity contribution is 7.99. The van der Waals surface area contributed by atoms with E-state index in [-0.39, 0.29) is 0 Å². The van der Waals surface area contributed by atoms with Gasteiger partial charge in [-0.05, 0) is 60.7 Å². The Morgan fingerprint density at radius 3 is 1.74 bits per heavy atom. The molecule has 0 aromatic heterocycles. The highest BCUT2D eigenvalue weighted by Gasteiger charge is 2.36. The van der Waals surface area contributed by atoms with E-state index < -0.39 is 8.80 Å². The topological polar surface area (TPSA) is 51.8 Å². The van der Waals surface area contributed by atoms with Crippen LogP contribution < -0.4 is 10.6 Å². The average Bonchev–Trinajstić information content (AvgIpc) is 3.05. The van der Waals surface area contributed by atoms with E-state index >= 15 is 0 Å². The molecule has 0 amide bonds. The molecule has 0 aliphatic carbocycles. The van der Waals surface area contributed by atoms with Crippen molar-refractivity contribution in [2.75, 3.05) is 59.0 Å². The predicted octanol–water partition coefficient (Wildman–Crippen LogP) is 7.88. The zero-order valence-electron chi connectivity index (χ0n) is 26.6. The molecule has 2 N–H and O–H groups in total. The SMILES string of the molecule is CO[Si](CCCSCCC(CC=CCNCC=Cc1ccccc1)CCC=CCNCC=Cc1ccccc1)(OC)OC. The van der Waals surface area contributed by atoms with Crippen LogP contribution in [0, 0.1) is 5.92 Å². The van der Waals surface area contributed by atoms with Gasteiger partial charge in [-0.1, -0.05) is 109 Å². The number of thioether (sulfide) groups is 1. The van der Waals surface area contributed by atoms with Crippen LogP contribution in [0.3, 0.4) is 0 Å². The molecule has 7 heteroatoms. The summed E-state index contributed by atoms with van der Waals surface area (Å²) in [6.45, 7) is 3.55. The largest absolute Gasteiger partial charge is 0.500 e. The minimum absolute atomic E-state index is 0.693. The lowest BCUT2D eigenvalue weighted by Gasteiger charge is -2.24. The maximum Gasteiger partial charge on any atom is 0.500 e. The van der Waals surface area contributed by atoms with Gasteiger partial charge >= 0.3 is 8.80 Å². The van der Waals surface area contributed by atoms with Gasteiger partial charge in [0.05, 0.1) is 0 Å². The fourth-order valence-corrected chi connectivity index (χ4v) is 7.63. The molecule has 0 saturated carbocycles. The lowest BCUT2D eigenvalue weighted by molar-refractivity contribution is 0.123. The Labute approximate surface area is 267 Å². The Morgan fingerprint density at radius 1 is 0.651 bits per heavy atom. The van der Waals surface area contributed by atoms with Crippen LogP contribution >= 0.6 is 11.8 Å². The van der Waals surface area contributed by atoms with Gasteiger partial charge in [-0.3, -0.25) is 0 Å². The highest BCUT2D eigenvalue weighted by Crippen LogP contribution is 2.22. The van der Waals surface area contributed by atoms with Crippen LogP contribution in [0.4, 0.5) is 0 Å². The van der Waals surface area contributed by atoms with E-state index in [0.717, 1.165) is 57.2 Å². The van der Waals surface area contributed by atoms with Crippen molar-refractivity contribution in [1.82, 2.24) is 10.6 Å². The van der Waals surface area contributed by atoms with Gasteiger partial charge in [0.25, 0.3) is 0 Å². The number of rotatable bonds is 25. The standard InChI is InChI=1S/C36H54N2O3SSi/c1-39-43(40-2,41-3)33-17-31-42-32-26-36(23-12-14-28-38-30-16-25-35-20-9-5-10-21-35)22-11-6-13-27-37-29-15-24-34-18-7-4-8-19-34/h4-10,12-16,18-21,24-25,36-38H,11,17,22-23,26-33H2,1-3H3. The molecule has 1 atom stereocenters. The van der Waals surface area contributed by atoms with E-state index in [1.54, 1.807) is 21.3 Å². The molecule has 0 aliphatic heterocycles. The number of hydrogen-bond acceptors (Lipinski definition) is 6. The summed E-state index contributed by atoms with van der Waals surface area (Å²) in [7, 11) is 2.62. The maximum absolute atomic E-state index is 5.55. The van der Waals surface area contributed by atoms with Gasteiger partial charge in [0.15, 0.2) is 0 Å². The summed E-state index contributed by atoms with van der Waals surface area (Å²) in [5.41, 5.74) is 2.48. The van der Waals surface area contributed by atoms with Gasteiger partial charge < -0.3 is 23.9 Å². The van der Waals surface area contributed by atoms with Crippen LogP contribution in [-0.2, 0) is 13.3 Å². The second kappa shape index (κ2) is 25.1. The third-order valence-electron chi connectivity index (χ3n) is 7.19. The second-order valence-corrected chi connectivity index (χ2v) is 14.7. The van der Waals surface area contributed by atoms with Gasteiger partial charge in [0, 0.05) is 53.6 Å². The van der Waals surface area contributed by atoms with E-state index in [1.807, 2.05) is 23.9 Å². The van der Waals surface area contributed by atoms with Crippen LogP contribution in [0.2, 0.25) is 6.04 Å². The molecule has 5 nitrogen and oxygen atoms in total. The summed E-state index contributed by atoms with van der Waals surface area (Å²) >= 11 is 2.03. The monoisotopic (exact) mass is 622 g/mol. The Hall–Kier alpha value is -2.23. The first kappa shape index (κ1) is 37.0. The summed E-state index contributed by atoms with van der Waals surface area (Å²) in [6.07, 6.45) is 23.7. The van der Waals surface area contributed by atoms with Crippen molar-refractivity contribution in [3.05, 3.63) is 108 Å². The molecule has 43 heavy (non-hydrogen) atoms. The Bertz CT molecular complexity index is 1030. The van der Waals surface area contributed by atoms with E-state index in [9.17, 15) is 0 Å². The van der Waals surface area contributed by atoms with Crippen LogP contribution in [0.25, 0.3) is 12.2 Å². The fraction of sp³-hybridized carbons (Fsp3) is 0.444. The van der Waals surface area contributed by atoms with Gasteiger partial charge in [-0.25, -0.2) is 0 Å². The number of benzene rings is 2. The maximum atomic E-state index is 5.55. The molecular weight excluding hydrogens is 569 g/mol. The molecule has 0 heterocycles. The van der Waals surface area contributed by atoms with E-state index in [2.05, 4.69) is 108 Å². The summed E-state index contributed by atoms with van der Waals surface area (Å²) in [4.78, 5) is 0. The molecule has 236 valence electrons. The Morgan fingerprint density at radius 2 is 1.19 bits per heavy atom. The van der Waals surface area contributed by atoms with E-state index in [4.69, 9.17) is 13.3 Å². The van der Waals surface area contributed by atoms with Gasteiger partial charge in [0.2, 0.25) is 0 Å². The first-order chi connectivity index (χ1) is 21.2. The highest BCUT2D eigenvalue weighted by atomic mass is 32.2. The summed E-state index contributed by atoms with van der Waals surface area (Å²) in [5.74, 6) is 2.98. The van der Waals surface area contributed by atoms with Crippen molar-refractivity contribution >= 4 is 32.7 Å². The Kier molecular flexibility index (Phi) is 21.6. The molecule has 0 aliphatic rings. The minimum Gasteiger partial charge on any atom is -0.377 e. The van der Waals surface area contributed by atoms with E-state index in [0.29, 0.717) is 5.92 Å². The summed E-state index contributed by atoms with van der Waals surface area (Å²) < 4.78 is 16.7. The molecule has 2 rings (SSSR count). The van der Waals surface area contributed by atoms with Crippen molar-refractivity contribution in [3.8, 4) is 0 Å². The minimum atomic E-state index is -2.45. The average molecular weight is 623 g/mol. The molecule has 1 unspecified atom stereocenters. The lowest BCUT2D eigenvalue weighted by Crippen LogP contribution is -2.42. The van der Waals surface area contributed by atoms with Crippen molar-refractivity contribution in [1.29, 1.82) is 0 Å². The van der Waals surface area contributed by atoms with E-state index in [1.165, 1.54) is 29.7 Å². The second-order valence-electron chi connectivity index (χ2n) is 10.4. The summed E-state index contributed by atoms with van der Waals surface area (Å²) in [5, 5.41) is 6.95. The quantitative estimate of drug-likeness (QED) is 0.0668. The lowest BCUT2D eigenvalue weighted by atomic mass is 9.96. The van der Waals surface area contributed by atoms with Crippen molar-refractivity contribution in [3.63, 3.8) is 0 Å². The molecule has 2 aromatic rings. The predicted molar refractivity (Wildman–Crippen MR) is 190 cm³/mol. The molecule has 0 spiro atoms. The third kappa shape index (κ3) is 18.2. The van der Waals surface area contributed by atoms with Crippen LogP contribution in [0.15, 0.2) is 97.1 Å². The van der Waals surface area contributed by atoms with Crippen molar-refractivity contribution in [2.45, 2.75) is 38.1 Å². The zero-order valence-corrected chi connectivity index (χ0v) is 28.4. The molecule has 0 bridgehead atoms. The third-order valence-corrected chi connectivity index (χ3v) is 11.1. The van der Waals surface area contributed by atoms with Crippen molar-refractivity contribution < 1.29 is 13.3 Å². The number of nitrogens with one attached hydrogen (secondary N) is 2. The number of allylic oxidation sites excluding steroid dienone is 2. The van der Waals surface area contributed by atoms with Gasteiger partial charge in [0.1, 0.15) is 0 Å². The van der Waals surface area contributed by atoms with Gasteiger partial charge in [-0.15, -0.1) is 0 Å².